The summed E-state index contributed by atoms with van der Waals surface area (Å²) in [6.07, 6.45) is 0.828. The number of aromatic amines is 1. The third kappa shape index (κ3) is 2.75. The largest absolute Gasteiger partial charge is 0.366 e. The summed E-state index contributed by atoms with van der Waals surface area (Å²) in [4.78, 5) is 30.1. The molecule has 4 aromatic rings. The normalized spacial score (nSPS) is 10.8. The van der Waals surface area contributed by atoms with Gasteiger partial charge in [0, 0.05) is 11.1 Å². The molecule has 0 bridgehead atoms. The molecule has 0 unspecified atom stereocenters. The molecule has 0 aliphatic heterocycles. The second kappa shape index (κ2) is 6.29. The predicted molar refractivity (Wildman–Crippen MR) is 101 cm³/mol. The van der Waals surface area contributed by atoms with Crippen molar-refractivity contribution in [3.63, 3.8) is 0 Å². The first kappa shape index (κ1) is 15.8. The van der Waals surface area contributed by atoms with Gasteiger partial charge in [0.25, 0.3) is 5.91 Å². The van der Waals surface area contributed by atoms with E-state index in [9.17, 15) is 9.59 Å². The Balaban J connectivity index is 1.70. The van der Waals surface area contributed by atoms with Crippen LogP contribution in [0.1, 0.15) is 20.7 Å². The number of carbonyl (C=O) groups is 2. The van der Waals surface area contributed by atoms with Gasteiger partial charge in [-0.05, 0) is 23.3 Å². The molecule has 26 heavy (non-hydrogen) atoms. The number of rotatable bonds is 4. The number of aldehydes is 1. The lowest BCUT2D eigenvalue weighted by atomic mass is 10.0. The van der Waals surface area contributed by atoms with E-state index in [0.29, 0.717) is 22.5 Å². The molecule has 0 spiro atoms. The van der Waals surface area contributed by atoms with Crippen LogP contribution in [0.15, 0.2) is 66.7 Å². The van der Waals surface area contributed by atoms with Crippen molar-refractivity contribution in [3.8, 4) is 22.5 Å². The van der Waals surface area contributed by atoms with Gasteiger partial charge < -0.3 is 10.7 Å². The fourth-order valence-corrected chi connectivity index (χ4v) is 2.94. The van der Waals surface area contributed by atoms with Gasteiger partial charge in [-0.15, -0.1) is 0 Å². The van der Waals surface area contributed by atoms with E-state index < -0.39 is 5.91 Å². The highest BCUT2D eigenvalue weighted by Gasteiger charge is 2.12. The Morgan fingerprint density at radius 2 is 1.50 bits per heavy atom. The average molecular weight is 341 g/mol. The van der Waals surface area contributed by atoms with Crippen LogP contribution in [0.5, 0.6) is 0 Å². The fraction of sp³-hybridized carbons (Fsp3) is 0. The highest BCUT2D eigenvalue weighted by molar-refractivity contribution is 6.04. The van der Waals surface area contributed by atoms with Crippen molar-refractivity contribution in [2.24, 2.45) is 5.73 Å². The van der Waals surface area contributed by atoms with Crippen LogP contribution in [0.2, 0.25) is 0 Å². The summed E-state index contributed by atoms with van der Waals surface area (Å²) < 4.78 is 0. The van der Waals surface area contributed by atoms with Gasteiger partial charge in [-0.3, -0.25) is 9.59 Å². The van der Waals surface area contributed by atoms with Crippen LogP contribution < -0.4 is 5.73 Å². The summed E-state index contributed by atoms with van der Waals surface area (Å²) in [6, 6.07) is 20.6. The van der Waals surface area contributed by atoms with Crippen LogP contribution in [-0.2, 0) is 0 Å². The molecule has 5 nitrogen and oxygen atoms in total. The number of amides is 1. The van der Waals surface area contributed by atoms with Gasteiger partial charge in [0.2, 0.25) is 0 Å². The number of primary amides is 1. The molecule has 1 heterocycles. The zero-order chi connectivity index (χ0) is 18.1. The molecule has 3 aromatic carbocycles. The van der Waals surface area contributed by atoms with Gasteiger partial charge in [-0.1, -0.05) is 54.6 Å². The quantitative estimate of drug-likeness (QED) is 0.553. The minimum atomic E-state index is -0.497. The first-order chi connectivity index (χ1) is 12.7. The molecule has 0 saturated carbocycles. The summed E-state index contributed by atoms with van der Waals surface area (Å²) in [5.41, 5.74) is 10.8. The highest BCUT2D eigenvalue weighted by Crippen LogP contribution is 2.26. The van der Waals surface area contributed by atoms with Crippen molar-refractivity contribution in [1.29, 1.82) is 0 Å². The number of nitrogens with one attached hydrogen (secondary N) is 1. The molecule has 0 radical (unpaired) electrons. The number of H-pyrrole nitrogens is 1. The van der Waals surface area contributed by atoms with E-state index in [1.165, 1.54) is 0 Å². The minimum Gasteiger partial charge on any atom is -0.366 e. The van der Waals surface area contributed by atoms with Gasteiger partial charge in [-0.2, -0.15) is 0 Å². The molecule has 3 N–H and O–H groups in total. The van der Waals surface area contributed by atoms with Gasteiger partial charge >= 0.3 is 0 Å². The molecular weight excluding hydrogens is 326 g/mol. The van der Waals surface area contributed by atoms with E-state index in [1.54, 1.807) is 24.3 Å². The van der Waals surface area contributed by atoms with Crippen LogP contribution >= 0.6 is 0 Å². The smallest absolute Gasteiger partial charge is 0.250 e. The fourth-order valence-electron chi connectivity index (χ4n) is 2.94. The summed E-state index contributed by atoms with van der Waals surface area (Å²) in [5.74, 6) is 0.180. The highest BCUT2D eigenvalue weighted by atomic mass is 16.1. The Labute approximate surface area is 149 Å². The number of para-hydroxylation sites is 1. The van der Waals surface area contributed by atoms with Gasteiger partial charge in [0.1, 0.15) is 17.6 Å². The molecule has 0 aliphatic rings. The van der Waals surface area contributed by atoms with Gasteiger partial charge in [-0.25, -0.2) is 4.98 Å². The van der Waals surface area contributed by atoms with Crippen LogP contribution in [0, 0.1) is 0 Å². The van der Waals surface area contributed by atoms with Crippen molar-refractivity contribution in [3.05, 3.63) is 77.9 Å². The van der Waals surface area contributed by atoms with Gasteiger partial charge in [0.05, 0.1) is 11.1 Å². The average Bonchev–Trinajstić information content (AvgIpc) is 3.12. The first-order valence-corrected chi connectivity index (χ1v) is 8.10. The number of aromatic nitrogens is 2. The van der Waals surface area contributed by atoms with Crippen molar-refractivity contribution in [2.45, 2.75) is 0 Å². The second-order valence-corrected chi connectivity index (χ2v) is 5.97. The zero-order valence-corrected chi connectivity index (χ0v) is 13.8. The Kier molecular flexibility index (Phi) is 3.82. The predicted octanol–water partition coefficient (Wildman–Crippen LogP) is 3.81. The number of nitrogens with zero attached hydrogens (tertiary/aromatic N) is 1. The molecule has 0 aliphatic carbocycles. The molecule has 5 heteroatoms. The molecule has 1 amide bonds. The van der Waals surface area contributed by atoms with Gasteiger partial charge in [0.15, 0.2) is 0 Å². The Morgan fingerprint density at radius 1 is 0.885 bits per heavy atom. The van der Waals surface area contributed by atoms with Crippen LogP contribution in [0.25, 0.3) is 33.5 Å². The van der Waals surface area contributed by atoms with Crippen LogP contribution in [0.4, 0.5) is 0 Å². The third-order valence-corrected chi connectivity index (χ3v) is 4.32. The summed E-state index contributed by atoms with van der Waals surface area (Å²) in [5, 5.41) is 0. The van der Waals surface area contributed by atoms with Crippen LogP contribution in [-0.4, -0.2) is 22.2 Å². The van der Waals surface area contributed by atoms with Crippen molar-refractivity contribution < 1.29 is 9.59 Å². The maximum Gasteiger partial charge on any atom is 0.250 e. The number of benzene rings is 3. The molecule has 0 saturated heterocycles. The SMILES string of the molecule is NC(=O)c1cccc2[nH]c(-c3ccc(-c4ccc(C=O)cc4)cc3)nc12. The van der Waals surface area contributed by atoms with E-state index >= 15 is 0 Å². The molecular formula is C21H15N3O2. The Morgan fingerprint density at radius 3 is 2.12 bits per heavy atom. The first-order valence-electron chi connectivity index (χ1n) is 8.10. The van der Waals surface area contributed by atoms with E-state index in [4.69, 9.17) is 5.73 Å². The molecule has 0 fully saturated rings. The summed E-state index contributed by atoms with van der Waals surface area (Å²) in [6.45, 7) is 0. The number of hydrogen-bond donors (Lipinski definition) is 2. The molecule has 4 rings (SSSR count). The maximum absolute atomic E-state index is 11.6. The van der Waals surface area contributed by atoms with E-state index in [1.807, 2.05) is 42.5 Å². The van der Waals surface area contributed by atoms with Crippen LogP contribution in [0.3, 0.4) is 0 Å². The Hall–Kier alpha value is -3.73. The number of carbonyl (C=O) groups excluding carboxylic acids is 2. The lowest BCUT2D eigenvalue weighted by Gasteiger charge is -2.03. The van der Waals surface area contributed by atoms with E-state index in [0.717, 1.165) is 28.5 Å². The molecule has 1 aromatic heterocycles. The third-order valence-electron chi connectivity index (χ3n) is 4.32. The number of imidazole rings is 1. The van der Waals surface area contributed by atoms with E-state index in [2.05, 4.69) is 9.97 Å². The topological polar surface area (TPSA) is 88.8 Å². The molecule has 0 atom stereocenters. The lowest BCUT2D eigenvalue weighted by molar-refractivity contribution is 0.100. The summed E-state index contributed by atoms with van der Waals surface area (Å²) in [7, 11) is 0. The minimum absolute atomic E-state index is 0.400. The zero-order valence-electron chi connectivity index (χ0n) is 13.8. The number of fused-ring (bicyclic) bond motifs is 1. The Bertz CT molecular complexity index is 1110. The van der Waals surface area contributed by atoms with Crippen molar-refractivity contribution >= 4 is 23.2 Å². The van der Waals surface area contributed by atoms with Crippen molar-refractivity contribution in [2.75, 3.05) is 0 Å². The van der Waals surface area contributed by atoms with Crippen molar-refractivity contribution in [1.82, 2.24) is 9.97 Å². The molecule has 126 valence electrons. The lowest BCUT2D eigenvalue weighted by Crippen LogP contribution is -2.11. The summed E-state index contributed by atoms with van der Waals surface area (Å²) >= 11 is 0. The maximum atomic E-state index is 11.6. The monoisotopic (exact) mass is 341 g/mol. The number of hydrogen-bond acceptors (Lipinski definition) is 3. The second-order valence-electron chi connectivity index (χ2n) is 5.97. The number of nitrogens with two attached hydrogens (primary N) is 1. The van der Waals surface area contributed by atoms with E-state index in [-0.39, 0.29) is 0 Å². The standard InChI is InChI=1S/C21H15N3O2/c22-20(26)17-2-1-3-18-19(17)24-21(23-18)16-10-8-15(9-11-16)14-6-4-13(12-25)5-7-14/h1-12H,(H2,22,26)(H,23,24).